The number of H-pyrrole nitrogens is 1. The van der Waals surface area contributed by atoms with Gasteiger partial charge in [0, 0.05) is 41.5 Å². The standard InChI is InChI=1S/C22H20F3N7/c23-12-6-15-16(9-27-20(15)17(24)7-12)21-28-10-18(25)22(32-21)31-14-3-1-2-13(8-14)30-19-4-5-26-11-29-19/h4-7,9-11,13-14,27H,1-3,8H2,(H,26,29,30)(H,28,31,32)/t13-,14?/m1/s1. The summed E-state index contributed by atoms with van der Waals surface area (Å²) >= 11 is 0. The Morgan fingerprint density at radius 2 is 1.84 bits per heavy atom. The van der Waals surface area contributed by atoms with Crippen LogP contribution in [0, 0.1) is 17.5 Å². The van der Waals surface area contributed by atoms with Gasteiger partial charge < -0.3 is 15.6 Å². The molecule has 1 fully saturated rings. The molecule has 3 heterocycles. The molecular formula is C22H20F3N7. The first-order valence-corrected chi connectivity index (χ1v) is 10.3. The fraction of sp³-hybridized carbons (Fsp3) is 0.273. The molecule has 3 aromatic heterocycles. The van der Waals surface area contributed by atoms with Gasteiger partial charge in [-0.25, -0.2) is 33.1 Å². The number of fused-ring (bicyclic) bond motifs is 1. The number of hydrogen-bond donors (Lipinski definition) is 3. The van der Waals surface area contributed by atoms with Gasteiger partial charge in [0.15, 0.2) is 17.5 Å². The van der Waals surface area contributed by atoms with Crippen LogP contribution in [0.1, 0.15) is 25.7 Å². The number of benzene rings is 1. The van der Waals surface area contributed by atoms with Crippen molar-refractivity contribution in [3.8, 4) is 11.4 Å². The summed E-state index contributed by atoms with van der Waals surface area (Å²) in [5.41, 5.74) is 0.545. The molecule has 10 heteroatoms. The zero-order valence-electron chi connectivity index (χ0n) is 16.9. The molecule has 0 saturated heterocycles. The Morgan fingerprint density at radius 3 is 2.66 bits per heavy atom. The van der Waals surface area contributed by atoms with Crippen molar-refractivity contribution >= 4 is 22.5 Å². The minimum Gasteiger partial charge on any atom is -0.367 e. The van der Waals surface area contributed by atoms with Crippen LogP contribution in [0.25, 0.3) is 22.3 Å². The zero-order chi connectivity index (χ0) is 22.1. The third kappa shape index (κ3) is 4.08. The van der Waals surface area contributed by atoms with Gasteiger partial charge in [0.1, 0.15) is 23.8 Å². The van der Waals surface area contributed by atoms with Gasteiger partial charge in [0.2, 0.25) is 0 Å². The second-order valence-corrected chi connectivity index (χ2v) is 7.85. The summed E-state index contributed by atoms with van der Waals surface area (Å²) in [4.78, 5) is 19.2. The topological polar surface area (TPSA) is 91.4 Å². The van der Waals surface area contributed by atoms with Crippen molar-refractivity contribution < 1.29 is 13.2 Å². The third-order valence-corrected chi connectivity index (χ3v) is 5.64. The van der Waals surface area contributed by atoms with Crippen molar-refractivity contribution in [3.63, 3.8) is 0 Å². The average molecular weight is 439 g/mol. The molecule has 1 aromatic carbocycles. The van der Waals surface area contributed by atoms with Crippen LogP contribution in [0.5, 0.6) is 0 Å². The van der Waals surface area contributed by atoms with E-state index >= 15 is 0 Å². The summed E-state index contributed by atoms with van der Waals surface area (Å²) < 4.78 is 42.3. The van der Waals surface area contributed by atoms with Crippen molar-refractivity contribution in [2.24, 2.45) is 0 Å². The van der Waals surface area contributed by atoms with Gasteiger partial charge in [-0.05, 0) is 37.8 Å². The van der Waals surface area contributed by atoms with Crippen molar-refractivity contribution in [2.45, 2.75) is 37.8 Å². The van der Waals surface area contributed by atoms with Crippen molar-refractivity contribution in [1.29, 1.82) is 0 Å². The number of rotatable bonds is 5. The summed E-state index contributed by atoms with van der Waals surface area (Å²) in [5.74, 6) is -1.01. The van der Waals surface area contributed by atoms with Crippen molar-refractivity contribution in [3.05, 3.63) is 60.6 Å². The van der Waals surface area contributed by atoms with E-state index in [1.165, 1.54) is 18.6 Å². The molecule has 0 radical (unpaired) electrons. The normalized spacial score (nSPS) is 18.6. The number of nitrogens with zero attached hydrogens (tertiary/aromatic N) is 4. The molecule has 3 N–H and O–H groups in total. The van der Waals surface area contributed by atoms with E-state index in [4.69, 9.17) is 0 Å². The molecule has 0 amide bonds. The zero-order valence-corrected chi connectivity index (χ0v) is 16.9. The molecule has 32 heavy (non-hydrogen) atoms. The largest absolute Gasteiger partial charge is 0.367 e. The lowest BCUT2D eigenvalue weighted by Gasteiger charge is -2.31. The van der Waals surface area contributed by atoms with E-state index < -0.39 is 17.5 Å². The molecule has 1 unspecified atom stereocenters. The maximum absolute atomic E-state index is 14.5. The first-order chi connectivity index (χ1) is 15.6. The van der Waals surface area contributed by atoms with Crippen LogP contribution in [-0.2, 0) is 0 Å². The van der Waals surface area contributed by atoms with E-state index in [0.29, 0.717) is 10.9 Å². The fourth-order valence-electron chi connectivity index (χ4n) is 4.17. The molecule has 164 valence electrons. The highest BCUT2D eigenvalue weighted by Gasteiger charge is 2.24. The number of halogens is 3. The van der Waals surface area contributed by atoms with Crippen LogP contribution in [0.4, 0.5) is 24.8 Å². The minimum atomic E-state index is -0.712. The average Bonchev–Trinajstić information content (AvgIpc) is 3.20. The van der Waals surface area contributed by atoms with E-state index in [1.54, 1.807) is 12.3 Å². The lowest BCUT2D eigenvalue weighted by atomic mass is 9.91. The molecule has 0 bridgehead atoms. The van der Waals surface area contributed by atoms with Gasteiger partial charge >= 0.3 is 0 Å². The smallest absolute Gasteiger partial charge is 0.183 e. The van der Waals surface area contributed by atoms with Crippen LogP contribution in [0.3, 0.4) is 0 Å². The van der Waals surface area contributed by atoms with Crippen LogP contribution in [0.2, 0.25) is 0 Å². The Balaban J connectivity index is 1.37. The first-order valence-electron chi connectivity index (χ1n) is 10.3. The summed E-state index contributed by atoms with van der Waals surface area (Å²) in [6.07, 6.45) is 9.28. The summed E-state index contributed by atoms with van der Waals surface area (Å²) in [6, 6.07) is 3.99. The maximum Gasteiger partial charge on any atom is 0.183 e. The molecule has 5 rings (SSSR count). The summed E-state index contributed by atoms with van der Waals surface area (Å²) in [6.45, 7) is 0. The Labute approximate surface area is 181 Å². The van der Waals surface area contributed by atoms with Gasteiger partial charge in [0.25, 0.3) is 0 Å². The highest BCUT2D eigenvalue weighted by molar-refractivity contribution is 5.94. The molecule has 4 aromatic rings. The lowest BCUT2D eigenvalue weighted by Crippen LogP contribution is -2.35. The highest BCUT2D eigenvalue weighted by Crippen LogP contribution is 2.30. The number of anilines is 2. The number of hydrogen-bond acceptors (Lipinski definition) is 6. The van der Waals surface area contributed by atoms with E-state index in [-0.39, 0.29) is 29.2 Å². The molecule has 0 spiro atoms. The predicted octanol–water partition coefficient (Wildman–Crippen LogP) is 4.67. The van der Waals surface area contributed by atoms with E-state index in [1.807, 2.05) is 0 Å². The second-order valence-electron chi connectivity index (χ2n) is 7.85. The first kappa shape index (κ1) is 20.2. The molecule has 1 aliphatic rings. The fourth-order valence-corrected chi connectivity index (χ4v) is 4.17. The Bertz CT molecular complexity index is 1250. The Morgan fingerprint density at radius 1 is 1.00 bits per heavy atom. The Hall–Kier alpha value is -3.69. The van der Waals surface area contributed by atoms with E-state index in [0.717, 1.165) is 43.8 Å². The van der Waals surface area contributed by atoms with Crippen molar-refractivity contribution in [2.75, 3.05) is 10.6 Å². The third-order valence-electron chi connectivity index (χ3n) is 5.64. The lowest BCUT2D eigenvalue weighted by molar-refractivity contribution is 0.424. The Kier molecular flexibility index (Phi) is 5.34. The molecule has 1 saturated carbocycles. The molecular weight excluding hydrogens is 419 g/mol. The van der Waals surface area contributed by atoms with E-state index in [9.17, 15) is 13.2 Å². The van der Waals surface area contributed by atoms with Crippen LogP contribution in [-0.4, -0.2) is 37.0 Å². The van der Waals surface area contributed by atoms with Crippen LogP contribution < -0.4 is 10.6 Å². The van der Waals surface area contributed by atoms with Gasteiger partial charge in [-0.1, -0.05) is 0 Å². The predicted molar refractivity (Wildman–Crippen MR) is 115 cm³/mol. The van der Waals surface area contributed by atoms with Gasteiger partial charge in [-0.2, -0.15) is 0 Å². The SMILES string of the molecule is Fc1cc(F)c2[nH]cc(-c3ncc(F)c(NC4CCC[C@@H](Nc5ccncn5)C4)n3)c2c1. The van der Waals surface area contributed by atoms with Gasteiger partial charge in [-0.3, -0.25) is 0 Å². The highest BCUT2D eigenvalue weighted by atomic mass is 19.1. The van der Waals surface area contributed by atoms with Crippen molar-refractivity contribution in [1.82, 2.24) is 24.9 Å². The molecule has 2 atom stereocenters. The van der Waals surface area contributed by atoms with Crippen LogP contribution in [0.15, 0.2) is 43.1 Å². The molecule has 1 aliphatic carbocycles. The number of nitrogens with one attached hydrogen (secondary N) is 3. The molecule has 7 nitrogen and oxygen atoms in total. The summed E-state index contributed by atoms with van der Waals surface area (Å²) in [7, 11) is 0. The quantitative estimate of drug-likeness (QED) is 0.419. The second kappa shape index (κ2) is 8.45. The maximum atomic E-state index is 14.5. The van der Waals surface area contributed by atoms with E-state index in [2.05, 4.69) is 35.6 Å². The number of aromatic nitrogens is 5. The van der Waals surface area contributed by atoms with Gasteiger partial charge in [-0.15, -0.1) is 0 Å². The molecule has 0 aliphatic heterocycles. The van der Waals surface area contributed by atoms with Gasteiger partial charge in [0.05, 0.1) is 11.7 Å². The number of aromatic amines is 1. The van der Waals surface area contributed by atoms with Crippen LogP contribution >= 0.6 is 0 Å². The monoisotopic (exact) mass is 439 g/mol. The minimum absolute atomic E-state index is 0.00167. The summed E-state index contributed by atoms with van der Waals surface area (Å²) in [5, 5.41) is 6.86.